The number of pyridine rings is 1. The molecular weight excluding hydrogens is 866 g/mol. The van der Waals surface area contributed by atoms with Gasteiger partial charge >= 0.3 is 0 Å². The van der Waals surface area contributed by atoms with Gasteiger partial charge in [0.15, 0.2) is 5.72 Å². The number of carbonyl (C=O) groups is 2. The van der Waals surface area contributed by atoms with Crippen molar-refractivity contribution in [3.05, 3.63) is 278 Å². The van der Waals surface area contributed by atoms with Crippen molar-refractivity contribution >= 4 is 46.8 Å². The quantitative estimate of drug-likeness (QED) is 0.115. The topological polar surface area (TPSA) is 62.7 Å². The Bertz CT molecular complexity index is 2870. The number of fused-ring (bicyclic) bond motifs is 2. The molecule has 0 saturated carbocycles. The zero-order valence-corrected chi connectivity index (χ0v) is 37.8. The smallest absolute Gasteiger partial charge is 0.257 e. The van der Waals surface area contributed by atoms with Crippen LogP contribution in [0.5, 0.6) is 0 Å². The van der Waals surface area contributed by atoms with Crippen molar-refractivity contribution in [1.82, 2.24) is 14.8 Å². The van der Waals surface area contributed by atoms with Crippen LogP contribution in [0.25, 0.3) is 0 Å². The molecule has 0 aliphatic carbocycles. The van der Waals surface area contributed by atoms with E-state index in [2.05, 4.69) is 47.4 Å². The van der Waals surface area contributed by atoms with Gasteiger partial charge in [0.25, 0.3) is 11.8 Å². The molecule has 2 aliphatic heterocycles. The summed E-state index contributed by atoms with van der Waals surface area (Å²) < 4.78 is 6.72. The number of thioether (sulfide) groups is 1. The Kier molecular flexibility index (Phi) is 13.3. The normalized spacial score (nSPS) is 17.3. The standard InChI is InChI=1S/C28H23ClN2O2.C28H22ClNOS/c29-23-15-13-22(14-16-23)28(33-19-17-24-10-6-7-18-30-24)26-12-5-4-11-25(26)27(32)31(28)20-21-8-2-1-3-9-21;29-24-17-15-23(16-18-24)28(32-20-22-11-5-2-6-12-22)26-14-8-7-13-25(26)27(31)30(28)19-21-9-3-1-4-10-21/h1-16,18H,17,19-20H2;1-18H,19-20H2. The third-order valence-corrected chi connectivity index (χ3v) is 13.9. The number of ether oxygens (including phenoxy) is 1. The molecule has 322 valence electrons. The van der Waals surface area contributed by atoms with Crippen LogP contribution in [0.15, 0.2) is 212 Å². The lowest BCUT2D eigenvalue weighted by molar-refractivity contribution is -0.110. The van der Waals surface area contributed by atoms with Gasteiger partial charge in [-0.3, -0.25) is 19.5 Å². The summed E-state index contributed by atoms with van der Waals surface area (Å²) in [4.78, 5) is 35.1. The largest absolute Gasteiger partial charge is 0.347 e. The maximum absolute atomic E-state index is 13.8. The molecule has 1 aromatic heterocycles. The Morgan fingerprint density at radius 1 is 0.492 bits per heavy atom. The number of halogens is 2. The molecule has 6 nitrogen and oxygen atoms in total. The summed E-state index contributed by atoms with van der Waals surface area (Å²) in [5, 5.41) is 1.32. The number of hydrogen-bond donors (Lipinski definition) is 0. The predicted octanol–water partition coefficient (Wildman–Crippen LogP) is 13.0. The van der Waals surface area contributed by atoms with Crippen LogP contribution >= 0.6 is 35.0 Å². The van der Waals surface area contributed by atoms with Gasteiger partial charge in [-0.1, -0.05) is 181 Å². The summed E-state index contributed by atoms with van der Waals surface area (Å²) in [5.74, 6) is 0.776. The van der Waals surface area contributed by atoms with Gasteiger partial charge in [-0.15, -0.1) is 11.8 Å². The molecule has 65 heavy (non-hydrogen) atoms. The molecule has 8 aromatic rings. The third-order valence-electron chi connectivity index (χ3n) is 11.8. The van der Waals surface area contributed by atoms with Crippen molar-refractivity contribution in [1.29, 1.82) is 0 Å². The average molecular weight is 911 g/mol. The molecule has 2 aliphatic rings. The Morgan fingerprint density at radius 2 is 0.969 bits per heavy atom. The summed E-state index contributed by atoms with van der Waals surface area (Å²) in [7, 11) is 0. The molecule has 9 heteroatoms. The van der Waals surface area contributed by atoms with E-state index in [1.54, 1.807) is 18.0 Å². The zero-order chi connectivity index (χ0) is 44.6. The molecular formula is C56H45Cl2N3O3S. The summed E-state index contributed by atoms with van der Waals surface area (Å²) >= 11 is 14.2. The second kappa shape index (κ2) is 19.7. The second-order valence-electron chi connectivity index (χ2n) is 15.8. The first-order valence-corrected chi connectivity index (χ1v) is 23.3. The van der Waals surface area contributed by atoms with E-state index in [1.807, 2.05) is 174 Å². The van der Waals surface area contributed by atoms with Crippen LogP contribution in [-0.2, 0) is 40.6 Å². The van der Waals surface area contributed by atoms with Crippen LogP contribution in [0.4, 0.5) is 0 Å². The van der Waals surface area contributed by atoms with Crippen LogP contribution in [-0.4, -0.2) is 33.2 Å². The highest BCUT2D eigenvalue weighted by Gasteiger charge is 2.53. The fourth-order valence-corrected chi connectivity index (χ4v) is 10.5. The fourth-order valence-electron chi connectivity index (χ4n) is 8.76. The predicted molar refractivity (Wildman–Crippen MR) is 262 cm³/mol. The molecule has 0 N–H and O–H groups in total. The summed E-state index contributed by atoms with van der Waals surface area (Å²) in [6.45, 7) is 1.34. The number of aromatic nitrogens is 1. The molecule has 7 aromatic carbocycles. The SMILES string of the molecule is O=C1c2ccccc2C(OCCc2ccccn2)(c2ccc(Cl)cc2)N1Cc1ccccc1.O=C1c2ccccc2C(SCc2ccccc2)(c2ccc(Cl)cc2)N1Cc1ccccc1. The highest BCUT2D eigenvalue weighted by molar-refractivity contribution is 7.99. The molecule has 0 saturated heterocycles. The number of benzene rings is 7. The molecule has 0 fully saturated rings. The van der Waals surface area contributed by atoms with Gasteiger partial charge in [-0.05, 0) is 70.8 Å². The van der Waals surface area contributed by atoms with E-state index in [4.69, 9.17) is 27.9 Å². The molecule has 2 atom stereocenters. The summed E-state index contributed by atoms with van der Waals surface area (Å²) in [6, 6.07) is 67.6. The van der Waals surface area contributed by atoms with E-state index in [-0.39, 0.29) is 11.8 Å². The number of amides is 2. The first kappa shape index (κ1) is 43.8. The third kappa shape index (κ3) is 8.98. The van der Waals surface area contributed by atoms with E-state index < -0.39 is 10.6 Å². The van der Waals surface area contributed by atoms with Gasteiger partial charge in [0.1, 0.15) is 4.87 Å². The van der Waals surface area contributed by atoms with E-state index in [1.165, 1.54) is 5.56 Å². The minimum Gasteiger partial charge on any atom is -0.347 e. The second-order valence-corrected chi connectivity index (χ2v) is 17.9. The zero-order valence-electron chi connectivity index (χ0n) is 35.5. The van der Waals surface area contributed by atoms with Crippen molar-refractivity contribution in [2.45, 2.75) is 35.9 Å². The van der Waals surface area contributed by atoms with Gasteiger partial charge in [-0.25, -0.2) is 0 Å². The minimum absolute atomic E-state index is 0.0535. The summed E-state index contributed by atoms with van der Waals surface area (Å²) in [6.07, 6.45) is 2.41. The Labute approximate surface area is 394 Å². The maximum atomic E-state index is 13.8. The van der Waals surface area contributed by atoms with E-state index in [0.717, 1.165) is 50.4 Å². The van der Waals surface area contributed by atoms with Gasteiger partial charge in [0.2, 0.25) is 0 Å². The van der Waals surface area contributed by atoms with Crippen molar-refractivity contribution in [3.8, 4) is 0 Å². The number of hydrogen-bond acceptors (Lipinski definition) is 5. The van der Waals surface area contributed by atoms with Crippen molar-refractivity contribution < 1.29 is 14.3 Å². The molecule has 2 amide bonds. The van der Waals surface area contributed by atoms with Crippen molar-refractivity contribution in [2.24, 2.45) is 0 Å². The Morgan fingerprint density at radius 3 is 1.55 bits per heavy atom. The maximum Gasteiger partial charge on any atom is 0.257 e. The van der Waals surface area contributed by atoms with Crippen LogP contribution in [0.2, 0.25) is 10.0 Å². The molecule has 0 spiro atoms. The van der Waals surface area contributed by atoms with Crippen LogP contribution in [0.1, 0.15) is 65.4 Å². The lowest BCUT2D eigenvalue weighted by Gasteiger charge is -2.39. The van der Waals surface area contributed by atoms with Gasteiger partial charge in [0, 0.05) is 75.0 Å². The van der Waals surface area contributed by atoms with E-state index in [0.29, 0.717) is 41.7 Å². The first-order chi connectivity index (χ1) is 31.9. The highest BCUT2D eigenvalue weighted by atomic mass is 35.5. The average Bonchev–Trinajstić information content (AvgIpc) is 3.74. The monoisotopic (exact) mass is 909 g/mol. The Balaban J connectivity index is 0.000000164. The molecule has 0 bridgehead atoms. The van der Waals surface area contributed by atoms with E-state index >= 15 is 0 Å². The fraction of sp³-hybridized carbons (Fsp3) is 0.125. The number of rotatable bonds is 13. The first-order valence-electron chi connectivity index (χ1n) is 21.5. The number of nitrogens with zero attached hydrogens (tertiary/aromatic N) is 3. The van der Waals surface area contributed by atoms with Crippen LogP contribution in [0, 0.1) is 0 Å². The molecule has 3 heterocycles. The Hall–Kier alpha value is -6.48. The van der Waals surface area contributed by atoms with Gasteiger partial charge < -0.3 is 9.64 Å². The van der Waals surface area contributed by atoms with Gasteiger partial charge in [-0.2, -0.15) is 0 Å². The highest BCUT2D eigenvalue weighted by Crippen LogP contribution is 2.54. The lowest BCUT2D eigenvalue weighted by atomic mass is 9.93. The minimum atomic E-state index is -1.07. The number of carbonyl (C=O) groups excluding carboxylic acids is 2. The molecule has 0 radical (unpaired) electrons. The van der Waals surface area contributed by atoms with Crippen molar-refractivity contribution in [3.63, 3.8) is 0 Å². The molecule has 2 unspecified atom stereocenters. The van der Waals surface area contributed by atoms with Crippen LogP contribution < -0.4 is 0 Å². The van der Waals surface area contributed by atoms with Crippen molar-refractivity contribution in [2.75, 3.05) is 6.61 Å². The summed E-state index contributed by atoms with van der Waals surface area (Å²) in [5.41, 5.74) is 8.44. The van der Waals surface area contributed by atoms with Gasteiger partial charge in [0.05, 0.1) is 6.61 Å². The van der Waals surface area contributed by atoms with E-state index in [9.17, 15) is 9.59 Å². The molecule has 10 rings (SSSR count). The lowest BCUT2D eigenvalue weighted by Crippen LogP contribution is -2.46. The van der Waals surface area contributed by atoms with Crippen LogP contribution in [0.3, 0.4) is 0 Å².